The van der Waals surface area contributed by atoms with E-state index in [9.17, 15) is 0 Å². The molecule has 0 amide bonds. The molecule has 0 aliphatic heterocycles. The normalized spacial score (nSPS) is 8.77. The lowest BCUT2D eigenvalue weighted by Crippen LogP contribution is -1.94. The van der Waals surface area contributed by atoms with Crippen LogP contribution < -0.4 is 9.47 Å². The monoisotopic (exact) mass is 186 g/mol. The van der Waals surface area contributed by atoms with Crippen LogP contribution in [0.3, 0.4) is 0 Å². The average Bonchev–Trinajstić information content (AvgIpc) is 2.05. The summed E-state index contributed by atoms with van der Waals surface area (Å²) in [7, 11) is 1.56. The molecule has 0 spiro atoms. The van der Waals surface area contributed by atoms with Gasteiger partial charge in [0.15, 0.2) is 11.5 Å². The second-order valence-electron chi connectivity index (χ2n) is 2.27. The van der Waals surface area contributed by atoms with Gasteiger partial charge in [-0.25, -0.2) is 0 Å². The second-order valence-corrected chi connectivity index (χ2v) is 2.27. The molecule has 0 bridgehead atoms. The zero-order valence-corrected chi connectivity index (χ0v) is 7.70. The fourth-order valence-corrected chi connectivity index (χ4v) is 0.934. The number of phenolic OH excluding ortho intramolecular Hbond substituents is 1. The molecule has 0 fully saturated rings. The molecule has 0 heterocycles. The summed E-state index contributed by atoms with van der Waals surface area (Å²) in [4.78, 5) is 0. The Labute approximate surface area is 77.0 Å². The molecule has 0 saturated heterocycles. The molecule has 4 nitrogen and oxygen atoms in total. The largest absolute Gasteiger partial charge is 0.508 e. The van der Waals surface area contributed by atoms with Crippen molar-refractivity contribution in [1.82, 2.24) is 0 Å². The van der Waals surface area contributed by atoms with Gasteiger partial charge in [-0.2, -0.15) is 0 Å². The van der Waals surface area contributed by atoms with Crippen molar-refractivity contribution in [3.63, 3.8) is 0 Å². The number of aromatic hydroxyl groups is 1. The van der Waals surface area contributed by atoms with Gasteiger partial charge >= 0.3 is 0 Å². The van der Waals surface area contributed by atoms with E-state index in [4.69, 9.17) is 14.6 Å². The fourth-order valence-electron chi connectivity index (χ4n) is 0.934. The summed E-state index contributed by atoms with van der Waals surface area (Å²) >= 11 is 0. The predicted molar refractivity (Wildman–Crippen MR) is 49.4 cm³/mol. The third-order valence-corrected chi connectivity index (χ3v) is 1.45. The van der Waals surface area contributed by atoms with Gasteiger partial charge in [0.1, 0.15) is 5.75 Å². The third kappa shape index (κ3) is 2.83. The molecule has 4 heteroatoms. The van der Waals surface area contributed by atoms with Gasteiger partial charge in [0.05, 0.1) is 13.7 Å². The van der Waals surface area contributed by atoms with Gasteiger partial charge in [-0.05, 0) is 19.1 Å². The lowest BCUT2D eigenvalue weighted by atomic mass is 10.3. The number of rotatable bonds is 3. The van der Waals surface area contributed by atoms with Gasteiger partial charge in [0.25, 0.3) is 0 Å². The molecule has 0 unspecified atom stereocenters. The first-order valence-electron chi connectivity index (χ1n) is 3.77. The van der Waals surface area contributed by atoms with Crippen molar-refractivity contribution < 1.29 is 20.1 Å². The molecule has 0 aromatic heterocycles. The smallest absolute Gasteiger partial charge is 0.164 e. The van der Waals surface area contributed by atoms with Crippen LogP contribution in [-0.2, 0) is 0 Å². The first-order valence-corrected chi connectivity index (χ1v) is 3.77. The highest BCUT2D eigenvalue weighted by molar-refractivity contribution is 5.44. The van der Waals surface area contributed by atoms with E-state index in [1.165, 1.54) is 6.07 Å². The van der Waals surface area contributed by atoms with Crippen LogP contribution >= 0.6 is 0 Å². The molecule has 0 radical (unpaired) electrons. The molecular formula is C9H14O4. The number of benzene rings is 1. The van der Waals surface area contributed by atoms with Crippen molar-refractivity contribution >= 4 is 0 Å². The summed E-state index contributed by atoms with van der Waals surface area (Å²) in [5, 5.41) is 9.12. The quantitative estimate of drug-likeness (QED) is 0.764. The van der Waals surface area contributed by atoms with Crippen molar-refractivity contribution in [3.05, 3.63) is 18.2 Å². The molecule has 1 aromatic carbocycles. The minimum atomic E-state index is 0. The van der Waals surface area contributed by atoms with Crippen LogP contribution in [0.5, 0.6) is 17.2 Å². The average molecular weight is 186 g/mol. The molecule has 13 heavy (non-hydrogen) atoms. The Hall–Kier alpha value is -1.42. The molecule has 1 aromatic rings. The van der Waals surface area contributed by atoms with Gasteiger partial charge in [-0.3, -0.25) is 0 Å². The zero-order chi connectivity index (χ0) is 8.97. The van der Waals surface area contributed by atoms with Gasteiger partial charge < -0.3 is 20.1 Å². The highest BCUT2D eigenvalue weighted by Gasteiger charge is 2.03. The summed E-state index contributed by atoms with van der Waals surface area (Å²) in [6, 6.07) is 4.75. The number of hydrogen-bond acceptors (Lipinski definition) is 3. The highest BCUT2D eigenvalue weighted by atomic mass is 16.5. The van der Waals surface area contributed by atoms with E-state index >= 15 is 0 Å². The summed E-state index contributed by atoms with van der Waals surface area (Å²) in [5.41, 5.74) is 0. The van der Waals surface area contributed by atoms with Crippen molar-refractivity contribution in [3.8, 4) is 17.2 Å². The Morgan fingerprint density at radius 2 is 2.00 bits per heavy atom. The highest BCUT2D eigenvalue weighted by Crippen LogP contribution is 2.30. The molecule has 0 atom stereocenters. The van der Waals surface area contributed by atoms with Crippen LogP contribution in [0.2, 0.25) is 0 Å². The number of phenols is 1. The van der Waals surface area contributed by atoms with Gasteiger partial charge in [0, 0.05) is 6.07 Å². The number of hydrogen-bond donors (Lipinski definition) is 1. The molecule has 0 aliphatic rings. The van der Waals surface area contributed by atoms with Gasteiger partial charge in [0.2, 0.25) is 0 Å². The maximum Gasteiger partial charge on any atom is 0.164 e. The third-order valence-electron chi connectivity index (χ3n) is 1.45. The van der Waals surface area contributed by atoms with E-state index in [0.29, 0.717) is 18.1 Å². The zero-order valence-electron chi connectivity index (χ0n) is 7.70. The minimum Gasteiger partial charge on any atom is -0.508 e. The summed E-state index contributed by atoms with van der Waals surface area (Å²) in [6.45, 7) is 2.43. The minimum absolute atomic E-state index is 0. The van der Waals surface area contributed by atoms with Crippen LogP contribution in [0.4, 0.5) is 0 Å². The van der Waals surface area contributed by atoms with Crippen LogP contribution in [0, 0.1) is 0 Å². The summed E-state index contributed by atoms with van der Waals surface area (Å²) in [6.07, 6.45) is 0. The molecule has 0 saturated carbocycles. The summed E-state index contributed by atoms with van der Waals surface area (Å²) < 4.78 is 10.2. The van der Waals surface area contributed by atoms with E-state index in [1.807, 2.05) is 6.92 Å². The first-order chi connectivity index (χ1) is 5.77. The van der Waals surface area contributed by atoms with E-state index < -0.39 is 0 Å². The molecule has 0 aliphatic carbocycles. The second kappa shape index (κ2) is 5.27. The Morgan fingerprint density at radius 3 is 2.54 bits per heavy atom. The summed E-state index contributed by atoms with van der Waals surface area (Å²) in [5.74, 6) is 1.38. The van der Waals surface area contributed by atoms with Crippen molar-refractivity contribution in [2.75, 3.05) is 13.7 Å². The van der Waals surface area contributed by atoms with Crippen LogP contribution in [-0.4, -0.2) is 24.3 Å². The number of methoxy groups -OCH3 is 1. The van der Waals surface area contributed by atoms with Crippen molar-refractivity contribution in [2.45, 2.75) is 6.92 Å². The standard InChI is InChI=1S/C9H12O3.H2O/c1-3-12-9-6-7(10)4-5-8(9)11-2;/h4-6,10H,3H2,1-2H3;1H2. The Balaban J connectivity index is 0.00000144. The molecule has 3 N–H and O–H groups in total. The topological polar surface area (TPSA) is 70.2 Å². The first kappa shape index (κ1) is 11.6. The van der Waals surface area contributed by atoms with Crippen LogP contribution in [0.25, 0.3) is 0 Å². The van der Waals surface area contributed by atoms with Crippen molar-refractivity contribution in [2.24, 2.45) is 0 Å². The van der Waals surface area contributed by atoms with Crippen LogP contribution in [0.1, 0.15) is 6.92 Å². The van der Waals surface area contributed by atoms with E-state index in [-0.39, 0.29) is 11.2 Å². The Bertz CT molecular complexity index is 260. The van der Waals surface area contributed by atoms with Crippen LogP contribution in [0.15, 0.2) is 18.2 Å². The maximum atomic E-state index is 9.12. The fraction of sp³-hybridized carbons (Fsp3) is 0.333. The predicted octanol–water partition coefficient (Wildman–Crippen LogP) is 0.975. The van der Waals surface area contributed by atoms with Gasteiger partial charge in [-0.1, -0.05) is 0 Å². The maximum absolute atomic E-state index is 9.12. The molecule has 74 valence electrons. The lowest BCUT2D eigenvalue weighted by Gasteiger charge is -2.08. The molecule has 1 rings (SSSR count). The van der Waals surface area contributed by atoms with Crippen molar-refractivity contribution in [1.29, 1.82) is 0 Å². The lowest BCUT2D eigenvalue weighted by molar-refractivity contribution is 0.308. The van der Waals surface area contributed by atoms with E-state index in [0.717, 1.165) is 0 Å². The SMILES string of the molecule is CCOc1cc(O)ccc1OC.O. The van der Waals surface area contributed by atoms with E-state index in [2.05, 4.69) is 0 Å². The Morgan fingerprint density at radius 1 is 1.31 bits per heavy atom. The molecular weight excluding hydrogens is 172 g/mol. The van der Waals surface area contributed by atoms with E-state index in [1.54, 1.807) is 19.2 Å². The van der Waals surface area contributed by atoms with Gasteiger partial charge in [-0.15, -0.1) is 0 Å². The number of ether oxygens (including phenoxy) is 2. The Kier molecular flexibility index (Phi) is 4.69.